The Kier molecular flexibility index (Phi) is 5.49. The van der Waals surface area contributed by atoms with E-state index in [0.717, 1.165) is 11.3 Å². The van der Waals surface area contributed by atoms with Crippen LogP contribution in [0.1, 0.15) is 25.8 Å². The van der Waals surface area contributed by atoms with Crippen molar-refractivity contribution in [3.8, 4) is 11.5 Å². The normalized spacial score (nSPS) is 11.9. The lowest BCUT2D eigenvalue weighted by atomic mass is 10.1. The maximum absolute atomic E-state index is 10.9. The molecule has 0 aliphatic heterocycles. The van der Waals surface area contributed by atoms with E-state index in [1.54, 1.807) is 6.07 Å². The topological polar surface area (TPSA) is 55.8 Å². The zero-order valence-corrected chi connectivity index (χ0v) is 11.1. The lowest BCUT2D eigenvalue weighted by molar-refractivity contribution is -0.142. The summed E-state index contributed by atoms with van der Waals surface area (Å²) < 4.78 is 11.0. The molecule has 0 fully saturated rings. The van der Waals surface area contributed by atoms with Crippen molar-refractivity contribution in [3.63, 3.8) is 0 Å². The lowest BCUT2D eigenvalue weighted by Crippen LogP contribution is -2.20. The van der Waals surface area contributed by atoms with Gasteiger partial charge in [0.25, 0.3) is 0 Å². The Morgan fingerprint density at radius 3 is 2.61 bits per heavy atom. The molecule has 0 bridgehead atoms. The summed E-state index contributed by atoms with van der Waals surface area (Å²) in [5, 5.41) is 8.95. The van der Waals surface area contributed by atoms with Crippen molar-refractivity contribution in [1.29, 1.82) is 0 Å². The van der Waals surface area contributed by atoms with Gasteiger partial charge in [0.15, 0.2) is 0 Å². The molecule has 0 saturated carbocycles. The molecule has 1 aromatic carbocycles. The zero-order valence-electron chi connectivity index (χ0n) is 11.1. The first-order chi connectivity index (χ1) is 8.58. The highest BCUT2D eigenvalue weighted by atomic mass is 16.5. The predicted molar refractivity (Wildman–Crippen MR) is 69.3 cm³/mol. The van der Waals surface area contributed by atoms with Gasteiger partial charge in [0.1, 0.15) is 18.1 Å². The van der Waals surface area contributed by atoms with Crippen molar-refractivity contribution in [2.45, 2.75) is 27.2 Å². The van der Waals surface area contributed by atoms with Gasteiger partial charge in [-0.05, 0) is 31.9 Å². The molecule has 0 saturated heterocycles. The largest absolute Gasteiger partial charge is 0.494 e. The van der Waals surface area contributed by atoms with Gasteiger partial charge in [0, 0.05) is 6.07 Å². The molecule has 100 valence electrons. The van der Waals surface area contributed by atoms with Gasteiger partial charge in [-0.3, -0.25) is 4.79 Å². The summed E-state index contributed by atoms with van der Waals surface area (Å²) in [5.41, 5.74) is 0.971. The van der Waals surface area contributed by atoms with Crippen molar-refractivity contribution in [1.82, 2.24) is 0 Å². The Morgan fingerprint density at radius 2 is 2.06 bits per heavy atom. The molecule has 1 N–H and O–H groups in total. The van der Waals surface area contributed by atoms with Crippen molar-refractivity contribution >= 4 is 5.97 Å². The second kappa shape index (κ2) is 6.89. The molecule has 1 unspecified atom stereocenters. The lowest BCUT2D eigenvalue weighted by Gasteiger charge is -2.14. The van der Waals surface area contributed by atoms with E-state index < -0.39 is 11.9 Å². The van der Waals surface area contributed by atoms with E-state index in [9.17, 15) is 4.79 Å². The van der Waals surface area contributed by atoms with Crippen molar-refractivity contribution in [2.75, 3.05) is 13.2 Å². The number of ether oxygens (including phenoxy) is 2. The number of aliphatic carboxylic acids is 1. The molecule has 1 aromatic rings. The molecule has 0 amide bonds. The Bertz CT molecular complexity index is 401. The molecule has 0 aliphatic carbocycles. The number of carbonyl (C=O) groups is 1. The molecule has 1 atom stereocenters. The van der Waals surface area contributed by atoms with E-state index in [1.807, 2.05) is 32.9 Å². The number of hydrogen-bond donors (Lipinski definition) is 1. The van der Waals surface area contributed by atoms with Crippen LogP contribution < -0.4 is 9.47 Å². The van der Waals surface area contributed by atoms with E-state index in [2.05, 4.69) is 0 Å². The second-order valence-corrected chi connectivity index (χ2v) is 4.11. The molecular weight excluding hydrogens is 232 g/mol. The van der Waals surface area contributed by atoms with Crippen LogP contribution >= 0.6 is 0 Å². The molecular formula is C14H20O4. The van der Waals surface area contributed by atoms with E-state index in [-0.39, 0.29) is 6.61 Å². The maximum atomic E-state index is 10.9. The summed E-state index contributed by atoms with van der Waals surface area (Å²) in [6, 6.07) is 5.58. The van der Waals surface area contributed by atoms with Crippen LogP contribution in [0.5, 0.6) is 11.5 Å². The summed E-state index contributed by atoms with van der Waals surface area (Å²) >= 11 is 0. The fraction of sp³-hybridized carbons (Fsp3) is 0.500. The number of carboxylic acids is 1. The first-order valence-electron chi connectivity index (χ1n) is 6.17. The summed E-state index contributed by atoms with van der Waals surface area (Å²) in [7, 11) is 0. The van der Waals surface area contributed by atoms with Gasteiger partial charge in [-0.15, -0.1) is 0 Å². The van der Waals surface area contributed by atoms with Crippen LogP contribution in [0.4, 0.5) is 0 Å². The minimum absolute atomic E-state index is 0.183. The molecule has 0 spiro atoms. The Hall–Kier alpha value is -1.71. The molecule has 0 aromatic heterocycles. The number of aryl methyl sites for hydroxylation is 1. The van der Waals surface area contributed by atoms with Crippen LogP contribution in [-0.2, 0) is 4.79 Å². The highest BCUT2D eigenvalue weighted by Gasteiger charge is 2.16. The Balaban J connectivity index is 2.71. The third-order valence-electron chi connectivity index (χ3n) is 2.75. The quantitative estimate of drug-likeness (QED) is 0.810. The molecule has 18 heavy (non-hydrogen) atoms. The van der Waals surface area contributed by atoms with Crippen molar-refractivity contribution < 1.29 is 19.4 Å². The van der Waals surface area contributed by atoms with Crippen LogP contribution in [0.2, 0.25) is 0 Å². The zero-order chi connectivity index (χ0) is 13.5. The van der Waals surface area contributed by atoms with Gasteiger partial charge >= 0.3 is 5.97 Å². The second-order valence-electron chi connectivity index (χ2n) is 4.11. The van der Waals surface area contributed by atoms with Crippen molar-refractivity contribution in [3.05, 3.63) is 23.8 Å². The predicted octanol–water partition coefficient (Wildman–Crippen LogP) is 2.88. The van der Waals surface area contributed by atoms with Gasteiger partial charge in [0.2, 0.25) is 0 Å². The molecule has 0 aliphatic rings. The molecule has 0 heterocycles. The van der Waals surface area contributed by atoms with Crippen LogP contribution in [0.25, 0.3) is 0 Å². The Labute approximate surface area is 108 Å². The average molecular weight is 252 g/mol. The minimum Gasteiger partial charge on any atom is -0.494 e. The minimum atomic E-state index is -0.823. The first-order valence-corrected chi connectivity index (χ1v) is 6.17. The summed E-state index contributed by atoms with van der Waals surface area (Å²) in [6.07, 6.45) is 0.555. The van der Waals surface area contributed by atoms with E-state index in [1.165, 1.54) is 0 Å². The highest BCUT2D eigenvalue weighted by molar-refractivity contribution is 5.70. The van der Waals surface area contributed by atoms with E-state index in [0.29, 0.717) is 18.8 Å². The van der Waals surface area contributed by atoms with Crippen LogP contribution in [0, 0.1) is 12.8 Å². The fourth-order valence-electron chi connectivity index (χ4n) is 1.55. The first kappa shape index (κ1) is 14.4. The summed E-state index contributed by atoms with van der Waals surface area (Å²) in [4.78, 5) is 10.9. The number of benzene rings is 1. The maximum Gasteiger partial charge on any atom is 0.309 e. The summed E-state index contributed by atoms with van der Waals surface area (Å²) in [6.45, 7) is 6.45. The van der Waals surface area contributed by atoms with Gasteiger partial charge in [-0.1, -0.05) is 13.0 Å². The molecule has 4 nitrogen and oxygen atoms in total. The van der Waals surface area contributed by atoms with Crippen LogP contribution in [0.15, 0.2) is 18.2 Å². The average Bonchev–Trinajstić information content (AvgIpc) is 2.33. The third-order valence-corrected chi connectivity index (χ3v) is 2.75. The summed E-state index contributed by atoms with van der Waals surface area (Å²) in [5.74, 6) is 0.124. The smallest absolute Gasteiger partial charge is 0.309 e. The van der Waals surface area contributed by atoms with Crippen LogP contribution in [-0.4, -0.2) is 24.3 Å². The van der Waals surface area contributed by atoms with Crippen molar-refractivity contribution in [2.24, 2.45) is 5.92 Å². The number of carboxylic acid groups (broad SMARTS) is 1. The molecule has 4 heteroatoms. The van der Waals surface area contributed by atoms with Crippen LogP contribution in [0.3, 0.4) is 0 Å². The van der Waals surface area contributed by atoms with Gasteiger partial charge in [-0.2, -0.15) is 0 Å². The number of hydrogen-bond acceptors (Lipinski definition) is 3. The van der Waals surface area contributed by atoms with Gasteiger partial charge in [0.05, 0.1) is 12.5 Å². The van der Waals surface area contributed by atoms with Gasteiger partial charge in [-0.25, -0.2) is 0 Å². The molecule has 1 rings (SSSR count). The SMILES string of the molecule is CCOc1ccc(C)c(OCC(CC)C(=O)O)c1. The third kappa shape index (κ3) is 3.95. The standard InChI is InChI=1S/C14H20O4/c1-4-11(14(15)16)9-18-13-8-12(17-5-2)7-6-10(13)3/h6-8,11H,4-5,9H2,1-3H3,(H,15,16). The molecule has 0 radical (unpaired) electrons. The fourth-order valence-corrected chi connectivity index (χ4v) is 1.55. The van der Waals surface area contributed by atoms with Gasteiger partial charge < -0.3 is 14.6 Å². The van der Waals surface area contributed by atoms with E-state index in [4.69, 9.17) is 14.6 Å². The van der Waals surface area contributed by atoms with E-state index >= 15 is 0 Å². The number of rotatable bonds is 7. The monoisotopic (exact) mass is 252 g/mol. The Morgan fingerprint density at radius 1 is 1.33 bits per heavy atom. The highest BCUT2D eigenvalue weighted by Crippen LogP contribution is 2.25.